The maximum atomic E-state index is 9.25. The topological polar surface area (TPSA) is 32.3 Å². The Hall–Kier alpha value is -1.02. The minimum atomic E-state index is 0.373. The van der Waals surface area contributed by atoms with Crippen LogP contribution in [0.2, 0.25) is 0 Å². The predicted octanol–water partition coefficient (Wildman–Crippen LogP) is 1.43. The molecular weight excluding hydrogens is 150 g/mol. The van der Waals surface area contributed by atoms with Crippen molar-refractivity contribution in [2.45, 2.75) is 19.4 Å². The molecule has 0 atom stereocenters. The molecule has 1 aliphatic rings. The zero-order chi connectivity index (χ0) is 8.39. The fourth-order valence-electron chi connectivity index (χ4n) is 1.65. The second-order valence-electron chi connectivity index (χ2n) is 3.23. The Kier molecular flexibility index (Phi) is 2.00. The van der Waals surface area contributed by atoms with E-state index in [1.807, 2.05) is 12.1 Å². The predicted molar refractivity (Wildman–Crippen MR) is 48.1 cm³/mol. The lowest BCUT2D eigenvalue weighted by molar-refractivity contribution is 0.474. The Morgan fingerprint density at radius 3 is 3.08 bits per heavy atom. The molecule has 64 valence electrons. The van der Waals surface area contributed by atoms with Gasteiger partial charge in [0.1, 0.15) is 5.75 Å². The molecule has 1 aromatic carbocycles. The highest BCUT2D eigenvalue weighted by molar-refractivity contribution is 5.35. The van der Waals surface area contributed by atoms with Gasteiger partial charge in [0.15, 0.2) is 0 Å². The average Bonchev–Trinajstić information content (AvgIpc) is 2.28. The van der Waals surface area contributed by atoms with Gasteiger partial charge in [-0.05, 0) is 42.6 Å². The van der Waals surface area contributed by atoms with Crippen LogP contribution in [0.15, 0.2) is 18.2 Å². The van der Waals surface area contributed by atoms with Gasteiger partial charge in [-0.3, -0.25) is 0 Å². The first-order chi connectivity index (χ1) is 5.86. The summed E-state index contributed by atoms with van der Waals surface area (Å²) in [7, 11) is 0. The van der Waals surface area contributed by atoms with Crippen LogP contribution in [0.25, 0.3) is 0 Å². The molecule has 0 aliphatic carbocycles. The van der Waals surface area contributed by atoms with E-state index in [1.54, 1.807) is 6.07 Å². The minimum absolute atomic E-state index is 0.373. The van der Waals surface area contributed by atoms with Crippen LogP contribution in [0, 0.1) is 0 Å². The van der Waals surface area contributed by atoms with Gasteiger partial charge in [0, 0.05) is 6.54 Å². The molecule has 2 nitrogen and oxygen atoms in total. The van der Waals surface area contributed by atoms with Crippen molar-refractivity contribution in [3.8, 4) is 5.75 Å². The molecular formula is C10H13NO. The van der Waals surface area contributed by atoms with Crippen LogP contribution in [-0.2, 0) is 13.0 Å². The highest BCUT2D eigenvalue weighted by Gasteiger charge is 2.06. The third-order valence-corrected chi connectivity index (χ3v) is 2.30. The van der Waals surface area contributed by atoms with E-state index in [2.05, 4.69) is 5.32 Å². The fourth-order valence-corrected chi connectivity index (χ4v) is 1.65. The molecule has 0 bridgehead atoms. The number of hydrogen-bond donors (Lipinski definition) is 2. The molecule has 1 heterocycles. The summed E-state index contributed by atoms with van der Waals surface area (Å²) in [6, 6.07) is 5.65. The van der Waals surface area contributed by atoms with Gasteiger partial charge in [0.2, 0.25) is 0 Å². The number of aromatic hydroxyl groups is 1. The number of fused-ring (bicyclic) bond motifs is 1. The van der Waals surface area contributed by atoms with Crippen molar-refractivity contribution in [3.05, 3.63) is 29.3 Å². The monoisotopic (exact) mass is 163 g/mol. The second kappa shape index (κ2) is 3.15. The largest absolute Gasteiger partial charge is 0.508 e. The molecule has 0 saturated carbocycles. The Labute approximate surface area is 72.2 Å². The molecule has 0 unspecified atom stereocenters. The van der Waals surface area contributed by atoms with Gasteiger partial charge >= 0.3 is 0 Å². The molecule has 0 spiro atoms. The highest BCUT2D eigenvalue weighted by atomic mass is 16.3. The van der Waals surface area contributed by atoms with E-state index in [4.69, 9.17) is 0 Å². The van der Waals surface area contributed by atoms with Crippen LogP contribution >= 0.6 is 0 Å². The van der Waals surface area contributed by atoms with Gasteiger partial charge in [-0.2, -0.15) is 0 Å². The summed E-state index contributed by atoms with van der Waals surface area (Å²) >= 11 is 0. The first-order valence-corrected chi connectivity index (χ1v) is 4.38. The Morgan fingerprint density at radius 2 is 2.17 bits per heavy atom. The summed E-state index contributed by atoms with van der Waals surface area (Å²) < 4.78 is 0. The van der Waals surface area contributed by atoms with Crippen molar-refractivity contribution in [2.24, 2.45) is 0 Å². The van der Waals surface area contributed by atoms with Gasteiger partial charge in [-0.25, -0.2) is 0 Å². The van der Waals surface area contributed by atoms with Crippen LogP contribution in [0.3, 0.4) is 0 Å². The standard InChI is InChI=1S/C10H13NO/c12-10-4-3-8-2-1-5-11-7-9(8)6-10/h3-4,6,11-12H,1-2,5,7H2. The lowest BCUT2D eigenvalue weighted by Gasteiger charge is -2.04. The first kappa shape index (κ1) is 7.62. The number of hydrogen-bond acceptors (Lipinski definition) is 2. The van der Waals surface area contributed by atoms with Crippen LogP contribution < -0.4 is 5.32 Å². The molecule has 1 aromatic rings. The fraction of sp³-hybridized carbons (Fsp3) is 0.400. The highest BCUT2D eigenvalue weighted by Crippen LogP contribution is 2.19. The number of phenolic OH excluding ortho intramolecular Hbond substituents is 1. The summed E-state index contributed by atoms with van der Waals surface area (Å²) in [4.78, 5) is 0. The molecule has 0 aromatic heterocycles. The minimum Gasteiger partial charge on any atom is -0.508 e. The van der Waals surface area contributed by atoms with Gasteiger partial charge in [0.05, 0.1) is 0 Å². The van der Waals surface area contributed by atoms with E-state index in [1.165, 1.54) is 17.5 Å². The Bertz CT molecular complexity index is 283. The molecule has 0 amide bonds. The number of rotatable bonds is 0. The Balaban J connectivity index is 2.36. The first-order valence-electron chi connectivity index (χ1n) is 4.38. The lowest BCUT2D eigenvalue weighted by Crippen LogP contribution is -2.11. The number of aryl methyl sites for hydroxylation is 1. The molecule has 2 N–H and O–H groups in total. The van der Waals surface area contributed by atoms with E-state index >= 15 is 0 Å². The van der Waals surface area contributed by atoms with Crippen molar-refractivity contribution in [1.82, 2.24) is 5.32 Å². The molecule has 0 radical (unpaired) electrons. The number of nitrogens with one attached hydrogen (secondary N) is 1. The molecule has 2 rings (SSSR count). The normalized spacial score (nSPS) is 16.7. The van der Waals surface area contributed by atoms with Crippen molar-refractivity contribution in [1.29, 1.82) is 0 Å². The zero-order valence-corrected chi connectivity index (χ0v) is 7.01. The zero-order valence-electron chi connectivity index (χ0n) is 7.01. The molecule has 0 fully saturated rings. The van der Waals surface area contributed by atoms with Gasteiger partial charge in [0.25, 0.3) is 0 Å². The maximum Gasteiger partial charge on any atom is 0.115 e. The maximum absolute atomic E-state index is 9.25. The third kappa shape index (κ3) is 1.43. The number of benzene rings is 1. The van der Waals surface area contributed by atoms with Crippen LogP contribution in [0.5, 0.6) is 5.75 Å². The molecule has 1 aliphatic heterocycles. The summed E-state index contributed by atoms with van der Waals surface area (Å²) in [5.41, 5.74) is 2.62. The molecule has 12 heavy (non-hydrogen) atoms. The quantitative estimate of drug-likeness (QED) is 0.606. The van der Waals surface area contributed by atoms with E-state index in [9.17, 15) is 5.11 Å². The van der Waals surface area contributed by atoms with Gasteiger partial charge < -0.3 is 10.4 Å². The SMILES string of the molecule is Oc1ccc2c(c1)CNCCC2. The van der Waals surface area contributed by atoms with E-state index in [0.29, 0.717) is 5.75 Å². The second-order valence-corrected chi connectivity index (χ2v) is 3.23. The van der Waals surface area contributed by atoms with Crippen molar-refractivity contribution >= 4 is 0 Å². The van der Waals surface area contributed by atoms with Gasteiger partial charge in [-0.1, -0.05) is 6.07 Å². The van der Waals surface area contributed by atoms with Crippen molar-refractivity contribution < 1.29 is 5.11 Å². The summed E-state index contributed by atoms with van der Waals surface area (Å²) in [5.74, 6) is 0.373. The van der Waals surface area contributed by atoms with E-state index < -0.39 is 0 Å². The smallest absolute Gasteiger partial charge is 0.115 e. The van der Waals surface area contributed by atoms with Crippen molar-refractivity contribution in [2.75, 3.05) is 6.54 Å². The van der Waals surface area contributed by atoms with Crippen LogP contribution in [0.1, 0.15) is 17.5 Å². The lowest BCUT2D eigenvalue weighted by atomic mass is 10.0. The molecule has 0 saturated heterocycles. The van der Waals surface area contributed by atoms with Crippen LogP contribution in [-0.4, -0.2) is 11.7 Å². The molecule has 2 heteroatoms. The van der Waals surface area contributed by atoms with Crippen molar-refractivity contribution in [3.63, 3.8) is 0 Å². The van der Waals surface area contributed by atoms with E-state index in [-0.39, 0.29) is 0 Å². The number of phenols is 1. The third-order valence-electron chi connectivity index (χ3n) is 2.30. The Morgan fingerprint density at radius 1 is 1.25 bits per heavy atom. The summed E-state index contributed by atoms with van der Waals surface area (Å²) in [6.07, 6.45) is 2.32. The van der Waals surface area contributed by atoms with Gasteiger partial charge in [-0.15, -0.1) is 0 Å². The average molecular weight is 163 g/mol. The summed E-state index contributed by atoms with van der Waals surface area (Å²) in [5, 5.41) is 12.6. The summed E-state index contributed by atoms with van der Waals surface area (Å²) in [6.45, 7) is 1.97. The van der Waals surface area contributed by atoms with E-state index in [0.717, 1.165) is 19.5 Å². The van der Waals surface area contributed by atoms with Crippen LogP contribution in [0.4, 0.5) is 0 Å².